The molecular formula is C30H36ClN5O4S. The zero-order valence-electron chi connectivity index (χ0n) is 23.9. The number of thiophene rings is 1. The lowest BCUT2D eigenvalue weighted by Gasteiger charge is -2.25. The summed E-state index contributed by atoms with van der Waals surface area (Å²) in [5.74, 6) is 0.634. The van der Waals surface area contributed by atoms with Gasteiger partial charge in [-0.25, -0.2) is 4.79 Å². The number of carbonyl (C=O) groups is 2. The van der Waals surface area contributed by atoms with Gasteiger partial charge in [-0.3, -0.25) is 14.4 Å². The van der Waals surface area contributed by atoms with Gasteiger partial charge in [-0.05, 0) is 65.0 Å². The van der Waals surface area contributed by atoms with E-state index in [1.54, 1.807) is 32.1 Å². The molecule has 5 rings (SSSR count). The number of aliphatic imine (C=N–C) groups is 1. The largest absolute Gasteiger partial charge is 0.462 e. The van der Waals surface area contributed by atoms with Crippen molar-refractivity contribution in [3.63, 3.8) is 0 Å². The van der Waals surface area contributed by atoms with Crippen molar-refractivity contribution in [2.24, 2.45) is 4.99 Å². The minimum absolute atomic E-state index is 0.100. The number of halogens is 1. The number of ether oxygens (including phenoxy) is 2. The van der Waals surface area contributed by atoms with Crippen LogP contribution in [0, 0.1) is 0 Å². The fraction of sp³-hybridized carbons (Fsp3) is 0.500. The quantitative estimate of drug-likeness (QED) is 0.303. The number of aromatic nitrogens is 3. The molecule has 1 amide bonds. The summed E-state index contributed by atoms with van der Waals surface area (Å²) in [5.41, 5.74) is 1.79. The molecule has 1 fully saturated rings. The molecule has 3 aromatic rings. The van der Waals surface area contributed by atoms with Crippen molar-refractivity contribution in [1.82, 2.24) is 20.1 Å². The molecule has 1 atom stereocenters. The Morgan fingerprint density at radius 2 is 1.90 bits per heavy atom. The fourth-order valence-corrected chi connectivity index (χ4v) is 6.53. The summed E-state index contributed by atoms with van der Waals surface area (Å²) in [6.07, 6.45) is 4.94. The summed E-state index contributed by atoms with van der Waals surface area (Å²) in [6.45, 7) is 7.72. The number of alkyl carbamates (subject to hydrolysis) is 1. The molecular weight excluding hydrogens is 562 g/mol. The van der Waals surface area contributed by atoms with Gasteiger partial charge in [0.1, 0.15) is 29.3 Å². The number of hydrogen-bond donors (Lipinski definition) is 1. The highest BCUT2D eigenvalue weighted by Crippen LogP contribution is 2.36. The SMILES string of the molecule is CCc1cc2c(s1)-n1c(nnc1[C@H](CC(=O)OC1CCCCC1)NC(=O)OC(C)(C)C)CN=C2c1ccccc1Cl. The first-order valence-electron chi connectivity index (χ1n) is 14.2. The van der Waals surface area contributed by atoms with Crippen LogP contribution in [0.4, 0.5) is 4.79 Å². The number of rotatable bonds is 7. The molecule has 218 valence electrons. The van der Waals surface area contributed by atoms with Gasteiger partial charge in [0.15, 0.2) is 11.6 Å². The van der Waals surface area contributed by atoms with Crippen LogP contribution in [0.25, 0.3) is 5.00 Å². The highest BCUT2D eigenvalue weighted by atomic mass is 35.5. The van der Waals surface area contributed by atoms with Gasteiger partial charge in [0.2, 0.25) is 0 Å². The Hall–Kier alpha value is -3.24. The molecule has 3 heterocycles. The van der Waals surface area contributed by atoms with Crippen molar-refractivity contribution in [3.05, 3.63) is 63.0 Å². The summed E-state index contributed by atoms with van der Waals surface area (Å²) in [7, 11) is 0. The third-order valence-electron chi connectivity index (χ3n) is 7.06. The van der Waals surface area contributed by atoms with E-state index in [4.69, 9.17) is 26.1 Å². The van der Waals surface area contributed by atoms with E-state index in [1.807, 2.05) is 28.8 Å². The van der Waals surface area contributed by atoms with Gasteiger partial charge < -0.3 is 14.8 Å². The molecule has 0 radical (unpaired) electrons. The Bertz CT molecular complexity index is 1450. The minimum Gasteiger partial charge on any atom is -0.462 e. The molecule has 1 aliphatic heterocycles. The third kappa shape index (κ3) is 6.81. The van der Waals surface area contributed by atoms with Crippen LogP contribution in [0.5, 0.6) is 0 Å². The molecule has 9 nitrogen and oxygen atoms in total. The summed E-state index contributed by atoms with van der Waals surface area (Å²) in [5, 5.41) is 13.3. The average Bonchev–Trinajstić information content (AvgIpc) is 3.50. The van der Waals surface area contributed by atoms with Gasteiger partial charge in [-0.15, -0.1) is 21.5 Å². The summed E-state index contributed by atoms with van der Waals surface area (Å²) in [4.78, 5) is 32.2. The van der Waals surface area contributed by atoms with Crippen LogP contribution in [0.1, 0.15) is 99.9 Å². The van der Waals surface area contributed by atoms with Gasteiger partial charge in [0.05, 0.1) is 12.1 Å². The third-order valence-corrected chi connectivity index (χ3v) is 8.65. The maximum Gasteiger partial charge on any atom is 0.408 e. The van der Waals surface area contributed by atoms with E-state index in [-0.39, 0.29) is 19.1 Å². The van der Waals surface area contributed by atoms with E-state index in [9.17, 15) is 9.59 Å². The number of amides is 1. The Balaban J connectivity index is 1.53. The van der Waals surface area contributed by atoms with Crippen molar-refractivity contribution < 1.29 is 19.1 Å². The molecule has 1 aromatic carbocycles. The Morgan fingerprint density at radius 1 is 1.15 bits per heavy atom. The first kappa shape index (κ1) is 29.3. The number of esters is 1. The molecule has 0 unspecified atom stereocenters. The fourth-order valence-electron chi connectivity index (χ4n) is 5.18. The van der Waals surface area contributed by atoms with Gasteiger partial charge in [-0.1, -0.05) is 43.1 Å². The number of hydrogen-bond acceptors (Lipinski definition) is 8. The normalized spacial score (nSPS) is 16.2. The zero-order chi connectivity index (χ0) is 29.1. The van der Waals surface area contributed by atoms with Gasteiger partial charge in [-0.2, -0.15) is 0 Å². The predicted octanol–water partition coefficient (Wildman–Crippen LogP) is 6.73. The maximum atomic E-state index is 13.2. The highest BCUT2D eigenvalue weighted by Gasteiger charge is 2.33. The Labute approximate surface area is 249 Å². The van der Waals surface area contributed by atoms with Crippen molar-refractivity contribution in [2.75, 3.05) is 0 Å². The standard InChI is InChI=1S/C30H36ClN5O4S/c1-5-19-15-21-26(20-13-9-10-14-22(20)31)32-17-24-34-35-27(36(24)28(21)41-19)23(33-29(38)40-30(2,3)4)16-25(37)39-18-11-7-6-8-12-18/h9-10,13-15,18,23H,5-8,11-12,16-17H2,1-4H3,(H,33,38)/t23-/m0/s1. The summed E-state index contributed by atoms with van der Waals surface area (Å²) < 4.78 is 13.3. The summed E-state index contributed by atoms with van der Waals surface area (Å²) >= 11 is 8.21. The molecule has 0 spiro atoms. The predicted molar refractivity (Wildman–Crippen MR) is 159 cm³/mol. The molecule has 0 saturated heterocycles. The molecule has 11 heteroatoms. The van der Waals surface area contributed by atoms with E-state index in [1.165, 1.54) is 0 Å². The van der Waals surface area contributed by atoms with Crippen LogP contribution in [-0.2, 0) is 27.2 Å². The minimum atomic E-state index is -0.830. The number of fused-ring (bicyclic) bond motifs is 3. The number of aryl methyl sites for hydroxylation is 1. The van der Waals surface area contributed by atoms with Gasteiger partial charge in [0, 0.05) is 21.0 Å². The van der Waals surface area contributed by atoms with Crippen LogP contribution in [-0.4, -0.2) is 44.2 Å². The molecule has 1 N–H and O–H groups in total. The Kier molecular flexibility index (Phi) is 8.79. The van der Waals surface area contributed by atoms with Crippen LogP contribution in [0.3, 0.4) is 0 Å². The molecule has 41 heavy (non-hydrogen) atoms. The van der Waals surface area contributed by atoms with Crippen molar-refractivity contribution in [1.29, 1.82) is 0 Å². The van der Waals surface area contributed by atoms with Gasteiger partial charge >= 0.3 is 12.1 Å². The first-order valence-corrected chi connectivity index (χ1v) is 15.4. The van der Waals surface area contributed by atoms with E-state index < -0.39 is 23.7 Å². The smallest absolute Gasteiger partial charge is 0.408 e. The van der Waals surface area contributed by atoms with Crippen molar-refractivity contribution in [2.45, 2.75) is 96.9 Å². The number of carbonyl (C=O) groups excluding carboxylic acids is 2. The molecule has 2 aliphatic rings. The number of benzene rings is 1. The maximum absolute atomic E-state index is 13.2. The summed E-state index contributed by atoms with van der Waals surface area (Å²) in [6, 6.07) is 8.92. The van der Waals surface area contributed by atoms with Crippen LogP contribution < -0.4 is 5.32 Å². The van der Waals surface area contributed by atoms with E-state index in [0.717, 1.165) is 65.2 Å². The Morgan fingerprint density at radius 3 is 2.61 bits per heavy atom. The lowest BCUT2D eigenvalue weighted by molar-refractivity contribution is -0.151. The second-order valence-electron chi connectivity index (χ2n) is 11.4. The second-order valence-corrected chi connectivity index (χ2v) is 12.9. The van der Waals surface area contributed by atoms with Crippen molar-refractivity contribution >= 4 is 40.7 Å². The molecule has 2 aromatic heterocycles. The van der Waals surface area contributed by atoms with Crippen LogP contribution in [0.2, 0.25) is 5.02 Å². The van der Waals surface area contributed by atoms with E-state index in [2.05, 4.69) is 28.5 Å². The topological polar surface area (TPSA) is 108 Å². The lowest BCUT2D eigenvalue weighted by Crippen LogP contribution is -2.37. The van der Waals surface area contributed by atoms with E-state index >= 15 is 0 Å². The van der Waals surface area contributed by atoms with Crippen molar-refractivity contribution in [3.8, 4) is 5.00 Å². The number of nitrogens with one attached hydrogen (secondary N) is 1. The highest BCUT2D eigenvalue weighted by molar-refractivity contribution is 7.15. The number of nitrogens with zero attached hydrogens (tertiary/aromatic N) is 4. The second kappa shape index (κ2) is 12.3. The average molecular weight is 598 g/mol. The molecule has 1 saturated carbocycles. The molecule has 1 aliphatic carbocycles. The van der Waals surface area contributed by atoms with Crippen LogP contribution >= 0.6 is 22.9 Å². The van der Waals surface area contributed by atoms with E-state index in [0.29, 0.717) is 16.7 Å². The monoisotopic (exact) mass is 597 g/mol. The molecule has 0 bridgehead atoms. The zero-order valence-corrected chi connectivity index (χ0v) is 25.5. The van der Waals surface area contributed by atoms with Gasteiger partial charge in [0.25, 0.3) is 0 Å². The first-order chi connectivity index (χ1) is 19.6. The lowest BCUT2D eigenvalue weighted by atomic mass is 9.98. The van der Waals surface area contributed by atoms with Crippen LogP contribution in [0.15, 0.2) is 35.3 Å².